The molecule has 0 spiro atoms. The lowest BCUT2D eigenvalue weighted by molar-refractivity contribution is 0.411. The Hall–Kier alpha value is -12.9. The second-order valence-electron chi connectivity index (χ2n) is 40.2. The third-order valence-corrected chi connectivity index (χ3v) is 26.4. The number of fused-ring (bicyclic) bond motifs is 6. The molecule has 0 amide bonds. The maximum absolute atomic E-state index is 4.69. The van der Waals surface area contributed by atoms with E-state index in [-0.39, 0.29) is 0 Å². The molecule has 0 unspecified atom stereocenters. The molecule has 3 fully saturated rings. The average molecular weight is 1720 g/mol. The van der Waals surface area contributed by atoms with Gasteiger partial charge in [-0.05, 0) is 272 Å². The van der Waals surface area contributed by atoms with Crippen LogP contribution in [0.5, 0.6) is 0 Å². The molecule has 0 saturated heterocycles. The molecule has 3 saturated carbocycles. The number of nitrogens with zero attached hydrogens (tertiary/aromatic N) is 6. The second-order valence-corrected chi connectivity index (χ2v) is 40.2. The van der Waals surface area contributed by atoms with Crippen molar-refractivity contribution in [2.45, 2.75) is 217 Å². The minimum Gasteiger partial charge on any atom is -0.256 e. The van der Waals surface area contributed by atoms with E-state index in [0.29, 0.717) is 16.7 Å². The molecule has 0 bridgehead atoms. The van der Waals surface area contributed by atoms with Crippen LogP contribution in [-0.4, -0.2) is 29.9 Å². The maximum Gasteiger partial charge on any atom is 0.0780 e. The van der Waals surface area contributed by atoms with Crippen molar-refractivity contribution in [1.29, 1.82) is 0 Å². The molecule has 0 radical (unpaired) electrons. The van der Waals surface area contributed by atoms with E-state index in [1.54, 1.807) is 0 Å². The highest BCUT2D eigenvalue weighted by atomic mass is 14.7. The van der Waals surface area contributed by atoms with Gasteiger partial charge >= 0.3 is 0 Å². The summed E-state index contributed by atoms with van der Waals surface area (Å²) in [6.45, 7) is 33.1. The van der Waals surface area contributed by atoms with Crippen LogP contribution in [0.1, 0.15) is 228 Å². The summed E-state index contributed by atoms with van der Waals surface area (Å²) in [7, 11) is 0. The SMILES string of the molecule is Cc1cc(C)cc(-c2nccc3cc(C4CCCC4)ccc23)c1.Cc1cc(C)cc(-c2nccc3cc(CC(C)(C)C)ccc23)c1.Cc1cccc(-c2nccc3cc(C4CCCC4)ccc23)c1.Cc1cccc(-c2nccc3cc(CC(C)(C)C)ccc23)c1.Cc1cnc(-c2ccccc2)c2ccc(C(C)C)cc12.c1ccc(-c2nccc3cc(C4CCCC4)ccc23)cc1. The summed E-state index contributed by atoms with van der Waals surface area (Å²) in [4.78, 5) is 27.9. The topological polar surface area (TPSA) is 77.3 Å². The van der Waals surface area contributed by atoms with Crippen molar-refractivity contribution < 1.29 is 0 Å². The van der Waals surface area contributed by atoms with Crippen LogP contribution in [0.15, 0.2) is 322 Å². The molecular weight excluding hydrogens is 1590 g/mol. The number of rotatable bonds is 12. The number of aryl methyl sites for hydroxylation is 7. The normalized spacial score (nSPS) is 13.6. The zero-order valence-corrected chi connectivity index (χ0v) is 80.0. The summed E-state index contributed by atoms with van der Waals surface area (Å²) < 4.78 is 0. The molecule has 6 heteroatoms. The number of hydrogen-bond acceptors (Lipinski definition) is 6. The van der Waals surface area contributed by atoms with Crippen molar-refractivity contribution in [2.75, 3.05) is 0 Å². The van der Waals surface area contributed by atoms with E-state index in [0.717, 1.165) is 64.8 Å². The lowest BCUT2D eigenvalue weighted by atomic mass is 9.87. The van der Waals surface area contributed by atoms with E-state index in [2.05, 4.69) is 407 Å². The molecule has 660 valence electrons. The minimum absolute atomic E-state index is 0.303. The van der Waals surface area contributed by atoms with Gasteiger partial charge in [-0.1, -0.05) is 346 Å². The third kappa shape index (κ3) is 23.1. The first-order valence-electron chi connectivity index (χ1n) is 48.1. The van der Waals surface area contributed by atoms with Gasteiger partial charge in [0.05, 0.1) is 34.2 Å². The highest BCUT2D eigenvalue weighted by Crippen LogP contribution is 2.43. The van der Waals surface area contributed by atoms with Crippen molar-refractivity contribution in [3.63, 3.8) is 0 Å². The monoisotopic (exact) mass is 1720 g/mol. The summed E-state index contributed by atoms with van der Waals surface area (Å²) in [6.07, 6.45) is 30.2. The number of hydrogen-bond donors (Lipinski definition) is 0. The molecule has 3 aliphatic rings. The molecule has 6 heterocycles. The minimum atomic E-state index is 0.303. The maximum atomic E-state index is 4.69. The molecule has 6 nitrogen and oxygen atoms in total. The predicted molar refractivity (Wildman–Crippen MR) is 560 cm³/mol. The van der Waals surface area contributed by atoms with Crippen molar-refractivity contribution in [2.24, 2.45) is 10.8 Å². The van der Waals surface area contributed by atoms with Crippen LogP contribution in [0, 0.1) is 59.3 Å². The van der Waals surface area contributed by atoms with Gasteiger partial charge in [-0.25, -0.2) is 0 Å². The molecular formula is C125H130N6. The van der Waals surface area contributed by atoms with Gasteiger partial charge < -0.3 is 0 Å². The van der Waals surface area contributed by atoms with Gasteiger partial charge in [-0.3, -0.25) is 29.9 Å². The van der Waals surface area contributed by atoms with E-state index in [1.807, 2.05) is 49.3 Å². The van der Waals surface area contributed by atoms with Gasteiger partial charge in [0.25, 0.3) is 0 Å². The summed E-state index contributed by atoms with van der Waals surface area (Å²) >= 11 is 0. The van der Waals surface area contributed by atoms with Crippen LogP contribution >= 0.6 is 0 Å². The van der Waals surface area contributed by atoms with Crippen LogP contribution in [0.2, 0.25) is 0 Å². The summed E-state index contributed by atoms with van der Waals surface area (Å²) in [5, 5.41) is 15.3. The zero-order chi connectivity index (χ0) is 91.3. The van der Waals surface area contributed by atoms with E-state index < -0.39 is 0 Å². The highest BCUT2D eigenvalue weighted by molar-refractivity contribution is 6.00. The largest absolute Gasteiger partial charge is 0.256 e. The highest BCUT2D eigenvalue weighted by Gasteiger charge is 2.23. The zero-order valence-electron chi connectivity index (χ0n) is 80.0. The predicted octanol–water partition coefficient (Wildman–Crippen LogP) is 34.8. The number of aromatic nitrogens is 6. The van der Waals surface area contributed by atoms with Crippen LogP contribution in [0.4, 0.5) is 0 Å². The van der Waals surface area contributed by atoms with E-state index in [9.17, 15) is 0 Å². The number of pyridine rings is 6. The Labute approximate surface area is 779 Å². The Bertz CT molecular complexity index is 6970. The standard InChI is InChI=1S/C22H23N.C22H25N.C21H21N.C21H23N.C20H19N.C19H19N/c1-15-11-16(2)13-20(12-15)22-21-8-7-18(17-5-3-4-6-17)14-19(21)9-10-23-22;1-15-10-16(2)12-19(11-15)21-20-7-6-17(14-22(3,4)5)13-18(20)8-9-23-21;1-15-5-4-8-19(13-15)21-20-10-9-17(16-6-2-3-7-16)14-18(20)11-12-22-21;1-15-6-5-7-18(12-15)20-19-9-8-16(14-21(2,3)4)13-17(19)10-11-22-20;1-2-8-16(9-3-1)20-19-11-10-17(15-6-4-5-7-15)14-18(19)12-13-21-20;1-13(2)16-9-10-17-18(11-16)14(3)12-20-19(17)15-7-5-4-6-8-15/h7-14,17H,3-6H2,1-2H3;6-13H,14H2,1-5H3;4-5,8-14,16H,2-3,6-7H2,1H3;5-13H,14H2,1-4H3;1-3,8-15H,4-7H2;4-13H,1-3H3. The summed E-state index contributed by atoms with van der Waals surface area (Å²) in [6, 6.07) is 103. The van der Waals surface area contributed by atoms with Crippen LogP contribution in [-0.2, 0) is 12.8 Å². The second kappa shape index (κ2) is 41.5. The first-order chi connectivity index (χ1) is 63.3. The molecule has 21 rings (SSSR count). The molecule has 18 aromatic rings. The van der Waals surface area contributed by atoms with Gasteiger partial charge in [0, 0.05) is 103 Å². The molecule has 0 atom stereocenters. The Morgan fingerprint density at radius 2 is 0.550 bits per heavy atom. The van der Waals surface area contributed by atoms with Crippen molar-refractivity contribution in [1.82, 2.24) is 29.9 Å². The Balaban J connectivity index is 0.000000115. The fourth-order valence-electron chi connectivity index (χ4n) is 20.2. The van der Waals surface area contributed by atoms with E-state index in [1.165, 1.54) is 247 Å². The summed E-state index contributed by atoms with van der Waals surface area (Å²) in [5.74, 6) is 2.84. The molecule has 3 aliphatic carbocycles. The van der Waals surface area contributed by atoms with Crippen molar-refractivity contribution in [3.8, 4) is 67.5 Å². The third-order valence-electron chi connectivity index (χ3n) is 26.4. The lowest BCUT2D eigenvalue weighted by Gasteiger charge is -2.18. The number of benzene rings is 12. The van der Waals surface area contributed by atoms with Crippen LogP contribution in [0.3, 0.4) is 0 Å². The molecule has 131 heavy (non-hydrogen) atoms. The smallest absolute Gasteiger partial charge is 0.0780 e. The first kappa shape index (κ1) is 91.4. The van der Waals surface area contributed by atoms with Crippen molar-refractivity contribution in [3.05, 3.63) is 395 Å². The lowest BCUT2D eigenvalue weighted by Crippen LogP contribution is -2.08. The van der Waals surface area contributed by atoms with Crippen molar-refractivity contribution >= 4 is 64.6 Å². The van der Waals surface area contributed by atoms with Gasteiger partial charge in [-0.15, -0.1) is 0 Å². The van der Waals surface area contributed by atoms with Gasteiger partial charge in [0.15, 0.2) is 0 Å². The van der Waals surface area contributed by atoms with Gasteiger partial charge in [0.1, 0.15) is 0 Å². The fourth-order valence-corrected chi connectivity index (χ4v) is 20.2. The first-order valence-corrected chi connectivity index (χ1v) is 48.1. The fraction of sp³-hybridized carbons (Fsp3) is 0.280. The van der Waals surface area contributed by atoms with Gasteiger partial charge in [0.2, 0.25) is 0 Å². The quantitative estimate of drug-likeness (QED) is 0.121. The van der Waals surface area contributed by atoms with Gasteiger partial charge in [-0.2, -0.15) is 0 Å². The average Bonchev–Trinajstić information content (AvgIpc) is 0.954. The molecule has 0 N–H and O–H groups in total. The Morgan fingerprint density at radius 3 is 0.885 bits per heavy atom. The molecule has 0 aliphatic heterocycles. The molecule has 12 aromatic carbocycles. The Kier molecular flexibility index (Phi) is 28.9. The molecule has 6 aromatic heterocycles. The van der Waals surface area contributed by atoms with Crippen LogP contribution in [0.25, 0.3) is 132 Å². The van der Waals surface area contributed by atoms with E-state index in [4.69, 9.17) is 0 Å². The van der Waals surface area contributed by atoms with Crippen LogP contribution < -0.4 is 0 Å². The van der Waals surface area contributed by atoms with E-state index >= 15 is 0 Å². The summed E-state index contributed by atoms with van der Waals surface area (Å²) in [5.41, 5.74) is 31.9. The Morgan fingerprint density at radius 1 is 0.252 bits per heavy atom.